The highest BCUT2D eigenvalue weighted by Crippen LogP contribution is 2.17. The zero-order valence-corrected chi connectivity index (χ0v) is 13.9. The maximum absolute atomic E-state index is 11.5. The molecule has 2 atom stereocenters. The van der Waals surface area contributed by atoms with Crippen LogP contribution in [0.2, 0.25) is 0 Å². The number of nitrogens with two attached hydrogens (primary N) is 1. The molecule has 0 aromatic rings. The van der Waals surface area contributed by atoms with E-state index in [-0.39, 0.29) is 36.8 Å². The summed E-state index contributed by atoms with van der Waals surface area (Å²) < 4.78 is 0. The van der Waals surface area contributed by atoms with Crippen molar-refractivity contribution >= 4 is 30.7 Å². The van der Waals surface area contributed by atoms with Crippen LogP contribution in [0, 0.1) is 5.92 Å². The van der Waals surface area contributed by atoms with Gasteiger partial charge in [0, 0.05) is 31.6 Å². The molecule has 0 spiro atoms. The maximum atomic E-state index is 11.5. The Hall–Kier alpha value is -0.0300. The van der Waals surface area contributed by atoms with Gasteiger partial charge in [0.1, 0.15) is 0 Å². The van der Waals surface area contributed by atoms with Crippen molar-refractivity contribution in [2.45, 2.75) is 52.1 Å². The Balaban J connectivity index is 0. The van der Waals surface area contributed by atoms with E-state index in [9.17, 15) is 4.79 Å². The van der Waals surface area contributed by atoms with Crippen LogP contribution in [0.5, 0.6) is 0 Å². The van der Waals surface area contributed by atoms with E-state index in [2.05, 4.69) is 24.1 Å². The van der Waals surface area contributed by atoms with Crippen LogP contribution in [0.15, 0.2) is 0 Å². The van der Waals surface area contributed by atoms with E-state index in [0.29, 0.717) is 18.4 Å². The SMILES string of the molecule is CC(N)CC(=O)NCC1CCCN(C(C)C)C1.Cl.Cl. The average Bonchev–Trinajstić information content (AvgIpc) is 2.26. The van der Waals surface area contributed by atoms with Gasteiger partial charge in [-0.1, -0.05) is 0 Å². The van der Waals surface area contributed by atoms with Crippen molar-refractivity contribution in [1.82, 2.24) is 10.2 Å². The highest BCUT2D eigenvalue weighted by atomic mass is 35.5. The van der Waals surface area contributed by atoms with Crippen molar-refractivity contribution in [3.8, 4) is 0 Å². The molecule has 2 unspecified atom stereocenters. The molecule has 1 heterocycles. The summed E-state index contributed by atoms with van der Waals surface area (Å²) in [6.07, 6.45) is 2.90. The number of nitrogens with one attached hydrogen (secondary N) is 1. The third kappa shape index (κ3) is 8.69. The standard InChI is InChI=1S/C13H27N3O.2ClH/c1-10(2)16-6-4-5-12(9-16)8-15-13(17)7-11(3)14;;/h10-12H,4-9,14H2,1-3H3,(H,15,17);2*1H. The summed E-state index contributed by atoms with van der Waals surface area (Å²) >= 11 is 0. The molecule has 0 radical (unpaired) electrons. The summed E-state index contributed by atoms with van der Waals surface area (Å²) in [6, 6.07) is 0.561. The van der Waals surface area contributed by atoms with E-state index in [0.717, 1.165) is 13.1 Å². The largest absolute Gasteiger partial charge is 0.356 e. The molecule has 1 saturated heterocycles. The fourth-order valence-electron chi connectivity index (χ4n) is 2.36. The lowest BCUT2D eigenvalue weighted by atomic mass is 9.97. The number of carbonyl (C=O) groups is 1. The van der Waals surface area contributed by atoms with Crippen LogP contribution < -0.4 is 11.1 Å². The van der Waals surface area contributed by atoms with Crippen molar-refractivity contribution in [3.05, 3.63) is 0 Å². The van der Waals surface area contributed by atoms with Crippen molar-refractivity contribution in [1.29, 1.82) is 0 Å². The van der Waals surface area contributed by atoms with Crippen LogP contribution in [0.25, 0.3) is 0 Å². The smallest absolute Gasteiger partial charge is 0.221 e. The third-order valence-corrected chi connectivity index (χ3v) is 3.38. The van der Waals surface area contributed by atoms with Crippen LogP contribution in [0.4, 0.5) is 0 Å². The molecule has 1 fully saturated rings. The van der Waals surface area contributed by atoms with Crippen molar-refractivity contribution < 1.29 is 4.79 Å². The minimum atomic E-state index is -0.0477. The lowest BCUT2D eigenvalue weighted by Crippen LogP contribution is -2.44. The first-order chi connectivity index (χ1) is 7.99. The molecule has 6 heteroatoms. The predicted octanol–water partition coefficient (Wildman–Crippen LogP) is 1.80. The van der Waals surface area contributed by atoms with Gasteiger partial charge in [0.2, 0.25) is 5.91 Å². The Labute approximate surface area is 129 Å². The Morgan fingerprint density at radius 2 is 2.00 bits per heavy atom. The van der Waals surface area contributed by atoms with Crippen LogP contribution in [-0.4, -0.2) is 42.5 Å². The van der Waals surface area contributed by atoms with Gasteiger partial charge in [-0.05, 0) is 46.1 Å². The Bertz CT molecular complexity index is 250. The van der Waals surface area contributed by atoms with Gasteiger partial charge in [-0.2, -0.15) is 0 Å². The van der Waals surface area contributed by atoms with E-state index < -0.39 is 0 Å². The highest BCUT2D eigenvalue weighted by Gasteiger charge is 2.21. The quantitative estimate of drug-likeness (QED) is 0.813. The normalized spacial score (nSPS) is 21.2. The molecule has 116 valence electrons. The number of nitrogens with zero attached hydrogens (tertiary/aromatic N) is 1. The summed E-state index contributed by atoms with van der Waals surface area (Å²) in [5, 5.41) is 3.00. The molecule has 1 aliphatic rings. The average molecular weight is 314 g/mol. The first kappa shape index (κ1) is 21.3. The number of hydrogen-bond acceptors (Lipinski definition) is 3. The van der Waals surface area contributed by atoms with Crippen LogP contribution in [-0.2, 0) is 4.79 Å². The second kappa shape index (κ2) is 10.7. The summed E-state index contributed by atoms with van der Waals surface area (Å²) in [5.41, 5.74) is 5.59. The van der Waals surface area contributed by atoms with Crippen LogP contribution in [0.1, 0.15) is 40.0 Å². The summed E-state index contributed by atoms with van der Waals surface area (Å²) in [5.74, 6) is 0.685. The van der Waals surface area contributed by atoms with Crippen molar-refractivity contribution in [3.63, 3.8) is 0 Å². The fourth-order valence-corrected chi connectivity index (χ4v) is 2.36. The van der Waals surface area contributed by atoms with E-state index in [1.165, 1.54) is 19.4 Å². The number of hydrogen-bond donors (Lipinski definition) is 2. The lowest BCUT2D eigenvalue weighted by Gasteiger charge is -2.35. The van der Waals surface area contributed by atoms with Crippen molar-refractivity contribution in [2.75, 3.05) is 19.6 Å². The number of rotatable bonds is 5. The fraction of sp³-hybridized carbons (Fsp3) is 0.923. The number of carbonyl (C=O) groups excluding carboxylic acids is 1. The molecule has 0 aliphatic carbocycles. The zero-order chi connectivity index (χ0) is 12.8. The lowest BCUT2D eigenvalue weighted by molar-refractivity contribution is -0.121. The summed E-state index contributed by atoms with van der Waals surface area (Å²) in [4.78, 5) is 14.0. The molecular weight excluding hydrogens is 285 g/mol. The Morgan fingerprint density at radius 3 is 2.53 bits per heavy atom. The van der Waals surface area contributed by atoms with E-state index in [1.807, 2.05) is 6.92 Å². The molecule has 3 N–H and O–H groups in total. The van der Waals surface area contributed by atoms with Gasteiger partial charge in [-0.25, -0.2) is 0 Å². The summed E-state index contributed by atoms with van der Waals surface area (Å²) in [7, 11) is 0. The molecule has 1 amide bonds. The minimum Gasteiger partial charge on any atom is -0.356 e. The first-order valence-corrected chi connectivity index (χ1v) is 6.75. The monoisotopic (exact) mass is 313 g/mol. The number of likely N-dealkylation sites (tertiary alicyclic amines) is 1. The van der Waals surface area contributed by atoms with Gasteiger partial charge in [0.15, 0.2) is 0 Å². The van der Waals surface area contributed by atoms with Gasteiger partial charge >= 0.3 is 0 Å². The predicted molar refractivity (Wildman–Crippen MR) is 85.2 cm³/mol. The molecule has 1 aliphatic heterocycles. The van der Waals surface area contributed by atoms with E-state index >= 15 is 0 Å². The van der Waals surface area contributed by atoms with Gasteiger partial charge in [0.25, 0.3) is 0 Å². The zero-order valence-electron chi connectivity index (χ0n) is 12.2. The van der Waals surface area contributed by atoms with Crippen LogP contribution >= 0.6 is 24.8 Å². The van der Waals surface area contributed by atoms with Gasteiger partial charge in [-0.15, -0.1) is 24.8 Å². The highest BCUT2D eigenvalue weighted by molar-refractivity contribution is 5.85. The first-order valence-electron chi connectivity index (χ1n) is 6.75. The second-order valence-corrected chi connectivity index (χ2v) is 5.58. The molecule has 4 nitrogen and oxygen atoms in total. The summed E-state index contributed by atoms with van der Waals surface area (Å²) in [6.45, 7) is 9.43. The maximum Gasteiger partial charge on any atom is 0.221 e. The van der Waals surface area contributed by atoms with E-state index in [4.69, 9.17) is 5.73 Å². The van der Waals surface area contributed by atoms with Gasteiger partial charge in [-0.3, -0.25) is 4.79 Å². The second-order valence-electron chi connectivity index (χ2n) is 5.58. The molecular formula is C13H29Cl2N3O. The Kier molecular flexibility index (Phi) is 12.0. The van der Waals surface area contributed by atoms with E-state index in [1.54, 1.807) is 0 Å². The molecule has 1 rings (SSSR count). The van der Waals surface area contributed by atoms with Gasteiger partial charge < -0.3 is 16.0 Å². The number of halogens is 2. The van der Waals surface area contributed by atoms with Crippen molar-refractivity contribution in [2.24, 2.45) is 11.7 Å². The number of piperidine rings is 1. The molecule has 0 saturated carbocycles. The van der Waals surface area contributed by atoms with Gasteiger partial charge in [0.05, 0.1) is 0 Å². The topological polar surface area (TPSA) is 58.4 Å². The molecule has 0 aromatic heterocycles. The Morgan fingerprint density at radius 1 is 1.37 bits per heavy atom. The number of amides is 1. The molecule has 19 heavy (non-hydrogen) atoms. The van der Waals surface area contributed by atoms with Crippen LogP contribution in [0.3, 0.4) is 0 Å². The molecule has 0 bridgehead atoms. The third-order valence-electron chi connectivity index (χ3n) is 3.38. The molecule has 0 aromatic carbocycles. The minimum absolute atomic E-state index is 0.